The molecular formula is C16H18FNS. The molecule has 3 heteroatoms. The fourth-order valence-electron chi connectivity index (χ4n) is 1.90. The Kier molecular flexibility index (Phi) is 5.43. The lowest BCUT2D eigenvalue weighted by Crippen LogP contribution is -2.30. The van der Waals surface area contributed by atoms with E-state index in [1.54, 1.807) is 23.9 Å². The minimum absolute atomic E-state index is 0.172. The van der Waals surface area contributed by atoms with Gasteiger partial charge in [0.1, 0.15) is 5.82 Å². The normalized spacial score (nSPS) is 12.3. The fourth-order valence-corrected chi connectivity index (χ4v) is 2.95. The van der Waals surface area contributed by atoms with Crippen LogP contribution in [0.1, 0.15) is 5.56 Å². The maximum absolute atomic E-state index is 13.1. The Balaban J connectivity index is 1.89. The van der Waals surface area contributed by atoms with E-state index < -0.39 is 0 Å². The third kappa shape index (κ3) is 4.69. The summed E-state index contributed by atoms with van der Waals surface area (Å²) in [6.45, 7) is 0. The van der Waals surface area contributed by atoms with Crippen LogP contribution in [0.5, 0.6) is 0 Å². The Morgan fingerprint density at radius 1 is 1.11 bits per heavy atom. The summed E-state index contributed by atoms with van der Waals surface area (Å²) in [4.78, 5) is 0.980. The molecule has 0 aliphatic heterocycles. The topological polar surface area (TPSA) is 12.0 Å². The summed E-state index contributed by atoms with van der Waals surface area (Å²) in [7, 11) is 1.97. The number of likely N-dealkylation sites (N-methyl/N-ethyl adjacent to an activating group) is 1. The molecule has 0 aliphatic carbocycles. The first-order chi connectivity index (χ1) is 9.28. The maximum Gasteiger partial charge on any atom is 0.124 e. The van der Waals surface area contributed by atoms with E-state index in [2.05, 4.69) is 29.6 Å². The highest BCUT2D eigenvalue weighted by atomic mass is 32.2. The summed E-state index contributed by atoms with van der Waals surface area (Å²) in [6, 6.07) is 17.6. The molecule has 0 aromatic heterocycles. The lowest BCUT2D eigenvalue weighted by atomic mass is 10.1. The van der Waals surface area contributed by atoms with E-state index in [4.69, 9.17) is 0 Å². The van der Waals surface area contributed by atoms with E-state index in [1.807, 2.05) is 19.2 Å². The number of hydrogen-bond acceptors (Lipinski definition) is 2. The highest BCUT2D eigenvalue weighted by Crippen LogP contribution is 2.20. The average molecular weight is 275 g/mol. The zero-order valence-corrected chi connectivity index (χ0v) is 11.8. The molecule has 19 heavy (non-hydrogen) atoms. The molecule has 2 rings (SSSR count). The van der Waals surface area contributed by atoms with Crippen molar-refractivity contribution in [3.8, 4) is 0 Å². The Hall–Kier alpha value is -1.32. The second kappa shape index (κ2) is 7.31. The van der Waals surface area contributed by atoms with Gasteiger partial charge in [0, 0.05) is 16.7 Å². The van der Waals surface area contributed by atoms with Gasteiger partial charge in [-0.15, -0.1) is 11.8 Å². The van der Waals surface area contributed by atoms with Crippen LogP contribution in [-0.4, -0.2) is 18.8 Å². The molecule has 0 spiro atoms. The van der Waals surface area contributed by atoms with Crippen molar-refractivity contribution in [1.29, 1.82) is 0 Å². The van der Waals surface area contributed by atoms with Gasteiger partial charge < -0.3 is 5.32 Å². The molecule has 2 aromatic rings. The van der Waals surface area contributed by atoms with Gasteiger partial charge in [-0.25, -0.2) is 4.39 Å². The summed E-state index contributed by atoms with van der Waals surface area (Å²) in [6.07, 6.45) is 0.986. The number of thioether (sulfide) groups is 1. The van der Waals surface area contributed by atoms with Crippen LogP contribution in [-0.2, 0) is 6.42 Å². The van der Waals surface area contributed by atoms with Crippen LogP contribution >= 0.6 is 11.8 Å². The van der Waals surface area contributed by atoms with Gasteiger partial charge >= 0.3 is 0 Å². The SMILES string of the molecule is CNC(CSc1cccc(F)c1)Cc1ccccc1. The van der Waals surface area contributed by atoms with Crippen LogP contribution in [0, 0.1) is 5.82 Å². The van der Waals surface area contributed by atoms with E-state index >= 15 is 0 Å². The van der Waals surface area contributed by atoms with Gasteiger partial charge in [-0.2, -0.15) is 0 Å². The van der Waals surface area contributed by atoms with Crippen molar-refractivity contribution in [3.05, 3.63) is 66.0 Å². The van der Waals surface area contributed by atoms with Crippen molar-refractivity contribution in [3.63, 3.8) is 0 Å². The first kappa shape index (κ1) is 14.1. The van der Waals surface area contributed by atoms with Gasteiger partial charge in [0.05, 0.1) is 0 Å². The average Bonchev–Trinajstić information content (AvgIpc) is 2.44. The molecule has 0 radical (unpaired) electrons. The molecule has 0 amide bonds. The number of hydrogen-bond donors (Lipinski definition) is 1. The maximum atomic E-state index is 13.1. The molecule has 0 saturated heterocycles. The van der Waals surface area contributed by atoms with Crippen molar-refractivity contribution in [2.24, 2.45) is 0 Å². The first-order valence-electron chi connectivity index (χ1n) is 6.37. The van der Waals surface area contributed by atoms with E-state index in [9.17, 15) is 4.39 Å². The summed E-state index contributed by atoms with van der Waals surface area (Å²) < 4.78 is 13.1. The Bertz CT molecular complexity index is 501. The van der Waals surface area contributed by atoms with Crippen LogP contribution in [0.4, 0.5) is 4.39 Å². The molecule has 0 heterocycles. The highest BCUT2D eigenvalue weighted by Gasteiger charge is 2.08. The predicted molar refractivity (Wildman–Crippen MR) is 80.1 cm³/mol. The number of rotatable bonds is 6. The quantitative estimate of drug-likeness (QED) is 0.806. The van der Waals surface area contributed by atoms with Crippen molar-refractivity contribution >= 4 is 11.8 Å². The van der Waals surface area contributed by atoms with Gasteiger partial charge in [0.25, 0.3) is 0 Å². The minimum atomic E-state index is -0.172. The molecular weight excluding hydrogens is 257 g/mol. The zero-order chi connectivity index (χ0) is 13.5. The molecule has 0 bridgehead atoms. The molecule has 0 saturated carbocycles. The van der Waals surface area contributed by atoms with Crippen LogP contribution in [0.25, 0.3) is 0 Å². The highest BCUT2D eigenvalue weighted by molar-refractivity contribution is 7.99. The zero-order valence-electron chi connectivity index (χ0n) is 11.0. The van der Waals surface area contributed by atoms with Crippen molar-refractivity contribution in [2.75, 3.05) is 12.8 Å². The van der Waals surface area contributed by atoms with Crippen LogP contribution < -0.4 is 5.32 Å². The van der Waals surface area contributed by atoms with Crippen molar-refractivity contribution < 1.29 is 4.39 Å². The molecule has 0 fully saturated rings. The summed E-state index contributed by atoms with van der Waals surface area (Å²) in [5, 5.41) is 3.32. The second-order valence-electron chi connectivity index (χ2n) is 4.44. The van der Waals surface area contributed by atoms with Crippen molar-refractivity contribution in [2.45, 2.75) is 17.4 Å². The summed E-state index contributed by atoms with van der Waals surface area (Å²) in [5.41, 5.74) is 1.32. The van der Waals surface area contributed by atoms with Gasteiger partial charge in [-0.05, 0) is 37.2 Å². The Morgan fingerprint density at radius 2 is 1.89 bits per heavy atom. The Labute approximate surface area is 118 Å². The first-order valence-corrected chi connectivity index (χ1v) is 7.36. The molecule has 1 nitrogen and oxygen atoms in total. The molecule has 100 valence electrons. The number of nitrogens with one attached hydrogen (secondary N) is 1. The third-order valence-corrected chi connectivity index (χ3v) is 4.14. The van der Waals surface area contributed by atoms with Gasteiger partial charge in [0.2, 0.25) is 0 Å². The summed E-state index contributed by atoms with van der Waals surface area (Å²) >= 11 is 1.68. The van der Waals surface area contributed by atoms with Gasteiger partial charge in [-0.3, -0.25) is 0 Å². The molecule has 0 aliphatic rings. The van der Waals surface area contributed by atoms with E-state index in [-0.39, 0.29) is 5.82 Å². The lowest BCUT2D eigenvalue weighted by molar-refractivity contribution is 0.615. The largest absolute Gasteiger partial charge is 0.316 e. The van der Waals surface area contributed by atoms with Gasteiger partial charge in [0.15, 0.2) is 0 Å². The fraction of sp³-hybridized carbons (Fsp3) is 0.250. The van der Waals surface area contributed by atoms with Crippen molar-refractivity contribution in [1.82, 2.24) is 5.32 Å². The predicted octanol–water partition coefficient (Wildman–Crippen LogP) is 3.75. The monoisotopic (exact) mass is 275 g/mol. The number of benzene rings is 2. The number of halogens is 1. The van der Waals surface area contributed by atoms with E-state index in [0.29, 0.717) is 6.04 Å². The standard InChI is InChI=1S/C16H18FNS/c1-18-15(10-13-6-3-2-4-7-13)12-19-16-9-5-8-14(17)11-16/h2-9,11,15,18H,10,12H2,1H3. The smallest absolute Gasteiger partial charge is 0.124 e. The van der Waals surface area contributed by atoms with E-state index in [1.165, 1.54) is 11.6 Å². The lowest BCUT2D eigenvalue weighted by Gasteiger charge is -2.15. The summed E-state index contributed by atoms with van der Waals surface area (Å²) in [5.74, 6) is 0.753. The molecule has 1 N–H and O–H groups in total. The molecule has 1 unspecified atom stereocenters. The van der Waals surface area contributed by atoms with E-state index in [0.717, 1.165) is 17.1 Å². The molecule has 2 aromatic carbocycles. The Morgan fingerprint density at radius 3 is 2.58 bits per heavy atom. The van der Waals surface area contributed by atoms with Crippen LogP contribution in [0.2, 0.25) is 0 Å². The minimum Gasteiger partial charge on any atom is -0.316 e. The third-order valence-electron chi connectivity index (χ3n) is 2.98. The van der Waals surface area contributed by atoms with Crippen LogP contribution in [0.15, 0.2) is 59.5 Å². The van der Waals surface area contributed by atoms with Gasteiger partial charge in [-0.1, -0.05) is 36.4 Å². The van der Waals surface area contributed by atoms with Crippen LogP contribution in [0.3, 0.4) is 0 Å². The second-order valence-corrected chi connectivity index (χ2v) is 5.54. The molecule has 1 atom stereocenters.